The molecule has 0 aliphatic heterocycles. The lowest BCUT2D eigenvalue weighted by atomic mass is 9.61. The van der Waals surface area contributed by atoms with E-state index in [1.807, 2.05) is 0 Å². The van der Waals surface area contributed by atoms with Gasteiger partial charge in [-0.2, -0.15) is 0 Å². The second-order valence-electron chi connectivity index (χ2n) is 6.90. The highest BCUT2D eigenvalue weighted by molar-refractivity contribution is 4.91. The molecule has 1 nitrogen and oxygen atoms in total. The third-order valence-electron chi connectivity index (χ3n) is 3.35. The molecule has 1 aliphatic rings. The molecule has 1 fully saturated rings. The maximum Gasteiger partial charge on any atom is 0.00295 e. The quantitative estimate of drug-likeness (QED) is 0.656. The molecule has 1 aliphatic carbocycles. The van der Waals surface area contributed by atoms with Gasteiger partial charge in [0.15, 0.2) is 0 Å². The third kappa shape index (κ3) is 3.27. The van der Waals surface area contributed by atoms with E-state index in [0.29, 0.717) is 10.8 Å². The molecule has 0 aromatic carbocycles. The van der Waals surface area contributed by atoms with Crippen molar-refractivity contribution in [3.63, 3.8) is 0 Å². The van der Waals surface area contributed by atoms with E-state index in [9.17, 15) is 0 Å². The van der Waals surface area contributed by atoms with Crippen molar-refractivity contribution in [2.24, 2.45) is 16.7 Å². The van der Waals surface area contributed by atoms with Crippen LogP contribution in [-0.2, 0) is 0 Å². The maximum atomic E-state index is 2.46. The van der Waals surface area contributed by atoms with Crippen LogP contribution in [0.1, 0.15) is 47.0 Å². The van der Waals surface area contributed by atoms with Gasteiger partial charge in [0.1, 0.15) is 0 Å². The van der Waals surface area contributed by atoms with Gasteiger partial charge in [0.2, 0.25) is 0 Å². The number of hydrogen-bond donors (Lipinski definition) is 0. The Morgan fingerprint density at radius 2 is 1.71 bits per heavy atom. The molecule has 0 heterocycles. The summed E-state index contributed by atoms with van der Waals surface area (Å²) in [7, 11) is 4.38. The minimum absolute atomic E-state index is 0.532. The van der Waals surface area contributed by atoms with Crippen molar-refractivity contribution in [1.82, 2.24) is 4.90 Å². The molecule has 1 saturated carbocycles. The molecule has 1 heteroatoms. The van der Waals surface area contributed by atoms with Crippen molar-refractivity contribution >= 4 is 0 Å². The zero-order chi connectivity index (χ0) is 11.0. The molecule has 0 aromatic heterocycles. The highest BCUT2D eigenvalue weighted by Crippen LogP contribution is 2.48. The summed E-state index contributed by atoms with van der Waals surface area (Å²) in [6.07, 6.45) is 4.17. The summed E-state index contributed by atoms with van der Waals surface area (Å²) in [4.78, 5) is 2.34. The monoisotopic (exact) mass is 197 g/mol. The van der Waals surface area contributed by atoms with E-state index in [2.05, 4.69) is 46.7 Å². The molecule has 2 atom stereocenters. The van der Waals surface area contributed by atoms with E-state index in [0.717, 1.165) is 5.92 Å². The Balaban J connectivity index is 2.68. The molecule has 14 heavy (non-hydrogen) atoms. The lowest BCUT2D eigenvalue weighted by Crippen LogP contribution is -2.41. The predicted molar refractivity (Wildman–Crippen MR) is 63.5 cm³/mol. The van der Waals surface area contributed by atoms with Crippen LogP contribution in [0.5, 0.6) is 0 Å². The maximum absolute atomic E-state index is 2.46. The fourth-order valence-corrected chi connectivity index (χ4v) is 4.04. The van der Waals surface area contributed by atoms with E-state index in [4.69, 9.17) is 0 Å². The van der Waals surface area contributed by atoms with Gasteiger partial charge < -0.3 is 4.90 Å². The van der Waals surface area contributed by atoms with Gasteiger partial charge in [-0.05, 0) is 50.1 Å². The van der Waals surface area contributed by atoms with Crippen LogP contribution in [0.3, 0.4) is 0 Å². The number of nitrogens with zero attached hydrogens (tertiary/aromatic N) is 1. The van der Waals surface area contributed by atoms with Crippen LogP contribution in [0.15, 0.2) is 0 Å². The first-order chi connectivity index (χ1) is 6.22. The zero-order valence-electron chi connectivity index (χ0n) is 10.9. The van der Waals surface area contributed by atoms with Gasteiger partial charge in [0, 0.05) is 6.54 Å². The van der Waals surface area contributed by atoms with Crippen LogP contribution < -0.4 is 0 Å². The van der Waals surface area contributed by atoms with Crippen LogP contribution >= 0.6 is 0 Å². The summed E-state index contributed by atoms with van der Waals surface area (Å²) in [5.74, 6) is 0.892. The van der Waals surface area contributed by atoms with Crippen LogP contribution in [0.4, 0.5) is 0 Å². The summed E-state index contributed by atoms with van der Waals surface area (Å²) in [6, 6.07) is 0. The Morgan fingerprint density at radius 1 is 1.14 bits per heavy atom. The second-order valence-corrected chi connectivity index (χ2v) is 6.90. The van der Waals surface area contributed by atoms with Gasteiger partial charge >= 0.3 is 0 Å². The van der Waals surface area contributed by atoms with Crippen LogP contribution in [0.2, 0.25) is 0 Å². The average molecular weight is 197 g/mol. The molecular weight excluding hydrogens is 170 g/mol. The SMILES string of the molecule is CC1CC(C)(C)CC(C)(CN(C)C)C1. The summed E-state index contributed by atoms with van der Waals surface area (Å²) < 4.78 is 0. The zero-order valence-corrected chi connectivity index (χ0v) is 10.9. The highest BCUT2D eigenvalue weighted by atomic mass is 15.1. The molecule has 0 N–H and O–H groups in total. The van der Waals surface area contributed by atoms with Crippen molar-refractivity contribution in [3.8, 4) is 0 Å². The van der Waals surface area contributed by atoms with E-state index in [1.165, 1.54) is 25.8 Å². The molecule has 2 unspecified atom stereocenters. The third-order valence-corrected chi connectivity index (χ3v) is 3.35. The molecule has 0 amide bonds. The standard InChI is InChI=1S/C13H27N/c1-11-7-12(2,3)9-13(4,8-11)10-14(5)6/h11H,7-10H2,1-6H3. The predicted octanol–water partition coefficient (Wildman–Crippen LogP) is 3.40. The van der Waals surface area contributed by atoms with Crippen molar-refractivity contribution < 1.29 is 0 Å². The minimum atomic E-state index is 0.532. The Labute approximate surface area is 89.9 Å². The Bertz CT molecular complexity index is 191. The lowest BCUT2D eigenvalue weighted by Gasteiger charge is -2.47. The highest BCUT2D eigenvalue weighted by Gasteiger charge is 2.39. The van der Waals surface area contributed by atoms with E-state index in [-0.39, 0.29) is 0 Å². The fraction of sp³-hybridized carbons (Fsp3) is 1.00. The van der Waals surface area contributed by atoms with E-state index < -0.39 is 0 Å². The van der Waals surface area contributed by atoms with Gasteiger partial charge in [-0.1, -0.05) is 27.7 Å². The fourth-order valence-electron chi connectivity index (χ4n) is 4.04. The first-order valence-electron chi connectivity index (χ1n) is 5.87. The largest absolute Gasteiger partial charge is 0.309 e. The summed E-state index contributed by atoms with van der Waals surface area (Å²) in [5, 5.41) is 0. The Hall–Kier alpha value is -0.0400. The molecular formula is C13H27N. The summed E-state index contributed by atoms with van der Waals surface area (Å²) in [5.41, 5.74) is 1.08. The topological polar surface area (TPSA) is 3.24 Å². The van der Waals surface area contributed by atoms with Gasteiger partial charge in [0.25, 0.3) is 0 Å². The van der Waals surface area contributed by atoms with Crippen LogP contribution in [0, 0.1) is 16.7 Å². The van der Waals surface area contributed by atoms with Crippen molar-refractivity contribution in [2.75, 3.05) is 20.6 Å². The molecule has 0 saturated heterocycles. The number of rotatable bonds is 2. The second kappa shape index (κ2) is 3.84. The molecule has 84 valence electrons. The normalized spacial score (nSPS) is 37.5. The molecule has 0 radical (unpaired) electrons. The average Bonchev–Trinajstić information content (AvgIpc) is 1.74. The lowest BCUT2D eigenvalue weighted by molar-refractivity contribution is 0.0408. The molecule has 1 rings (SSSR count). The minimum Gasteiger partial charge on any atom is -0.309 e. The Morgan fingerprint density at radius 3 is 2.14 bits per heavy atom. The van der Waals surface area contributed by atoms with E-state index >= 15 is 0 Å². The first kappa shape index (κ1) is 12.0. The smallest absolute Gasteiger partial charge is 0.00295 e. The van der Waals surface area contributed by atoms with Crippen LogP contribution in [-0.4, -0.2) is 25.5 Å². The summed E-state index contributed by atoms with van der Waals surface area (Å²) in [6.45, 7) is 11.0. The van der Waals surface area contributed by atoms with Crippen molar-refractivity contribution in [2.45, 2.75) is 47.0 Å². The van der Waals surface area contributed by atoms with Gasteiger partial charge in [0.05, 0.1) is 0 Å². The molecule has 0 bridgehead atoms. The van der Waals surface area contributed by atoms with Crippen molar-refractivity contribution in [1.29, 1.82) is 0 Å². The van der Waals surface area contributed by atoms with Crippen LogP contribution in [0.25, 0.3) is 0 Å². The van der Waals surface area contributed by atoms with E-state index in [1.54, 1.807) is 0 Å². The number of hydrogen-bond acceptors (Lipinski definition) is 1. The Kier molecular flexibility index (Phi) is 3.30. The first-order valence-corrected chi connectivity index (χ1v) is 5.87. The van der Waals surface area contributed by atoms with Gasteiger partial charge in [-0.3, -0.25) is 0 Å². The van der Waals surface area contributed by atoms with Gasteiger partial charge in [-0.15, -0.1) is 0 Å². The molecule has 0 spiro atoms. The van der Waals surface area contributed by atoms with Gasteiger partial charge in [-0.25, -0.2) is 0 Å². The molecule has 0 aromatic rings. The summed E-state index contributed by atoms with van der Waals surface area (Å²) >= 11 is 0. The van der Waals surface area contributed by atoms with Crippen molar-refractivity contribution in [3.05, 3.63) is 0 Å².